The Labute approximate surface area is 488 Å². The van der Waals surface area contributed by atoms with Gasteiger partial charge in [-0.15, -0.1) is 11.3 Å². The number of phenols is 1. The van der Waals surface area contributed by atoms with Gasteiger partial charge in [0.2, 0.25) is 17.7 Å². The molecule has 0 spiro atoms. The molecule has 6 aromatic rings. The minimum absolute atomic E-state index is 0.00747. The molecular weight excluding hydrogens is 1080 g/mol. The van der Waals surface area contributed by atoms with E-state index in [1.54, 1.807) is 29.7 Å². The Bertz CT molecular complexity index is 3330. The Balaban J connectivity index is 0.662. The van der Waals surface area contributed by atoms with E-state index in [0.29, 0.717) is 67.7 Å². The molecular formula is C63H79F2N11O6S. The molecule has 3 aromatic carbocycles. The normalized spacial score (nSPS) is 22.3. The van der Waals surface area contributed by atoms with Crippen molar-refractivity contribution in [1.29, 1.82) is 0 Å². The Morgan fingerprint density at radius 1 is 0.940 bits per heavy atom. The number of pyridine rings is 1. The van der Waals surface area contributed by atoms with Gasteiger partial charge in [-0.1, -0.05) is 70.2 Å². The number of aryl methyl sites for hydroxylation is 2. The van der Waals surface area contributed by atoms with Crippen LogP contribution in [0.5, 0.6) is 11.8 Å². The van der Waals surface area contributed by atoms with E-state index in [1.807, 2.05) is 94.4 Å². The lowest BCUT2D eigenvalue weighted by Gasteiger charge is -2.40. The number of aliphatic hydroxyl groups is 1. The molecule has 3 amide bonds. The minimum atomic E-state index is -1.35. The first kappa shape index (κ1) is 58.3. The number of amides is 3. The fraction of sp³-hybridized carbons (Fsp3) is 0.540. The number of halogens is 2. The van der Waals surface area contributed by atoms with E-state index in [-0.39, 0.29) is 72.9 Å². The molecule has 83 heavy (non-hydrogen) atoms. The number of aliphatic hydroxyl groups excluding tert-OH is 1. The smallest absolute Gasteiger partial charge is 0.319 e. The van der Waals surface area contributed by atoms with E-state index in [1.165, 1.54) is 4.90 Å². The third-order valence-corrected chi connectivity index (χ3v) is 19.0. The van der Waals surface area contributed by atoms with Crippen LogP contribution in [0.4, 0.5) is 14.6 Å². The molecule has 8 heterocycles. The highest BCUT2D eigenvalue weighted by Crippen LogP contribution is 2.41. The minimum Gasteiger partial charge on any atom is -0.508 e. The van der Waals surface area contributed by atoms with Crippen LogP contribution in [0.15, 0.2) is 66.3 Å². The fourth-order valence-corrected chi connectivity index (χ4v) is 14.2. The maximum atomic E-state index is 17.1. The first-order valence-corrected chi connectivity index (χ1v) is 30.6. The molecule has 0 aliphatic carbocycles. The van der Waals surface area contributed by atoms with Gasteiger partial charge in [0.1, 0.15) is 47.1 Å². The predicted molar refractivity (Wildman–Crippen MR) is 319 cm³/mol. The number of phenolic OH excluding ortho intramolecular Hbond substituents is 1. The van der Waals surface area contributed by atoms with E-state index in [2.05, 4.69) is 30.7 Å². The Morgan fingerprint density at radius 2 is 1.67 bits per heavy atom. The summed E-state index contributed by atoms with van der Waals surface area (Å²) in [4.78, 5) is 69.5. The first-order chi connectivity index (χ1) is 39.8. The van der Waals surface area contributed by atoms with E-state index in [0.717, 1.165) is 96.3 Å². The van der Waals surface area contributed by atoms with Crippen molar-refractivity contribution in [2.24, 2.45) is 11.3 Å². The zero-order valence-corrected chi connectivity index (χ0v) is 49.4. The van der Waals surface area contributed by atoms with Crippen molar-refractivity contribution in [2.45, 2.75) is 141 Å². The Kier molecular flexibility index (Phi) is 17.1. The van der Waals surface area contributed by atoms with Gasteiger partial charge < -0.3 is 40.7 Å². The van der Waals surface area contributed by atoms with Gasteiger partial charge in [-0.3, -0.25) is 29.2 Å². The average molecular weight is 1160 g/mol. The predicted octanol–water partition coefficient (Wildman–Crippen LogP) is 8.28. The van der Waals surface area contributed by atoms with E-state index < -0.39 is 41.0 Å². The summed E-state index contributed by atoms with van der Waals surface area (Å²) in [5, 5.41) is 33.4. The second-order valence-electron chi connectivity index (χ2n) is 25.1. The lowest BCUT2D eigenvalue weighted by atomic mass is 9.80. The molecule has 5 aliphatic heterocycles. The number of nitrogens with one attached hydrogen (secondary N) is 3. The molecule has 4 unspecified atom stereocenters. The summed E-state index contributed by atoms with van der Waals surface area (Å²) in [6, 6.07) is 15.5. The van der Waals surface area contributed by atoms with Gasteiger partial charge in [-0.2, -0.15) is 9.97 Å². The number of nitrogens with zero attached hydrogens (tertiary/aromatic N) is 8. The monoisotopic (exact) mass is 1160 g/mol. The number of thiazole rings is 1. The molecule has 442 valence electrons. The average Bonchev–Trinajstić information content (AvgIpc) is 3.70. The summed E-state index contributed by atoms with van der Waals surface area (Å²) in [6.45, 7) is 16.2. The molecule has 0 saturated carbocycles. The second kappa shape index (κ2) is 24.3. The highest BCUT2D eigenvalue weighted by molar-refractivity contribution is 7.13. The lowest BCUT2D eigenvalue weighted by Crippen LogP contribution is -2.59. The second-order valence-corrected chi connectivity index (χ2v) is 25.9. The summed E-state index contributed by atoms with van der Waals surface area (Å²) >= 11 is 1.57. The van der Waals surface area contributed by atoms with Crippen molar-refractivity contribution in [3.63, 3.8) is 0 Å². The van der Waals surface area contributed by atoms with Crippen LogP contribution in [0.25, 0.3) is 43.4 Å². The Morgan fingerprint density at radius 3 is 2.36 bits per heavy atom. The van der Waals surface area contributed by atoms with Gasteiger partial charge in [-0.25, -0.2) is 13.8 Å². The van der Waals surface area contributed by atoms with Crippen molar-refractivity contribution >= 4 is 56.6 Å². The van der Waals surface area contributed by atoms with E-state index in [9.17, 15) is 24.6 Å². The zero-order valence-electron chi connectivity index (χ0n) is 48.6. The number of hydrogen-bond acceptors (Lipinski definition) is 15. The van der Waals surface area contributed by atoms with Gasteiger partial charge in [0.15, 0.2) is 5.82 Å². The number of aromatic hydroxyl groups is 1. The maximum absolute atomic E-state index is 17.1. The number of β-amino-alcohol motifs (C(OH)–C–C–N with tert-alkyl or cyclic N) is 1. The zero-order chi connectivity index (χ0) is 58.3. The summed E-state index contributed by atoms with van der Waals surface area (Å²) in [7, 11) is 0. The van der Waals surface area contributed by atoms with Crippen LogP contribution in [0.1, 0.15) is 109 Å². The molecule has 11 rings (SSSR count). The number of benzene rings is 3. The molecule has 5 saturated heterocycles. The number of piperidine rings is 2. The molecule has 2 bridgehead atoms. The highest BCUT2D eigenvalue weighted by atomic mass is 32.1. The lowest BCUT2D eigenvalue weighted by molar-refractivity contribution is -0.144. The highest BCUT2D eigenvalue weighted by Gasteiger charge is 2.46. The summed E-state index contributed by atoms with van der Waals surface area (Å²) in [5.74, 6) is -0.930. The number of carbonyl (C=O) groups excluding carboxylic acids is 3. The van der Waals surface area contributed by atoms with Gasteiger partial charge in [0.25, 0.3) is 0 Å². The number of aromatic nitrogens is 4. The molecule has 3 aromatic heterocycles. The van der Waals surface area contributed by atoms with Gasteiger partial charge in [0.05, 0.1) is 40.2 Å². The van der Waals surface area contributed by atoms with Crippen LogP contribution in [-0.2, 0) is 20.8 Å². The van der Waals surface area contributed by atoms with Gasteiger partial charge in [-0.05, 0) is 129 Å². The van der Waals surface area contributed by atoms with Gasteiger partial charge in [0, 0.05) is 69.5 Å². The molecule has 5 aliphatic rings. The van der Waals surface area contributed by atoms with Crippen LogP contribution >= 0.6 is 11.3 Å². The number of hydrogen-bond donors (Lipinski definition) is 5. The van der Waals surface area contributed by atoms with Crippen LogP contribution in [0.2, 0.25) is 0 Å². The van der Waals surface area contributed by atoms with Crippen LogP contribution in [0, 0.1) is 24.1 Å². The number of piperazine rings is 1. The number of anilines is 1. The number of carbonyl (C=O) groups is 3. The summed E-state index contributed by atoms with van der Waals surface area (Å²) in [5.41, 5.74) is 4.38. The van der Waals surface area contributed by atoms with Crippen molar-refractivity contribution in [2.75, 3.05) is 70.4 Å². The molecule has 20 heteroatoms. The van der Waals surface area contributed by atoms with Crippen molar-refractivity contribution in [3.05, 3.63) is 88.9 Å². The number of fused-ring (bicyclic) bond motifs is 4. The van der Waals surface area contributed by atoms with E-state index in [4.69, 9.17) is 19.7 Å². The largest absolute Gasteiger partial charge is 0.508 e. The van der Waals surface area contributed by atoms with Crippen molar-refractivity contribution in [1.82, 2.24) is 50.6 Å². The van der Waals surface area contributed by atoms with Crippen LogP contribution in [-0.4, -0.2) is 164 Å². The molecule has 5 N–H and O–H groups in total. The summed E-state index contributed by atoms with van der Waals surface area (Å²) in [6.07, 6.45) is 6.42. The van der Waals surface area contributed by atoms with Crippen molar-refractivity contribution in [3.8, 4) is 33.5 Å². The maximum Gasteiger partial charge on any atom is 0.319 e. The topological polar surface area (TPSA) is 202 Å². The fourth-order valence-electron chi connectivity index (χ4n) is 13.4. The van der Waals surface area contributed by atoms with Crippen LogP contribution < -0.4 is 25.6 Å². The SMILES string of the molecule is CCc1cccc2cc(O)cc(-c3ncc4c(N5CC6CCC(C5)N6)nc(OCCN5CCC(CC6(F)CCN(CC(=O)NC(C(=O)N7C[C@H](O)C[C@H]7C(=O)NC(C)c7ccc(-c8scnc8C)cc7)C(C)(C)C)CC6)CC5)nc4c3F)c12. The molecule has 17 nitrogen and oxygen atoms in total. The van der Waals surface area contributed by atoms with Gasteiger partial charge >= 0.3 is 6.01 Å². The molecule has 0 radical (unpaired) electrons. The molecule has 6 atom stereocenters. The third-order valence-electron chi connectivity index (χ3n) is 18.0. The number of likely N-dealkylation sites (tertiary alicyclic amines) is 3. The van der Waals surface area contributed by atoms with E-state index >= 15 is 8.78 Å². The standard InChI is InChI=1S/C63H79F2N11O6S/c1-7-40-9-8-10-43-27-46(77)28-48(52(40)43)54-53(64)55-49(31-66-54)58(75-32-44-15-16-45(33-75)69-44)72-61(71-55)82-26-25-73-21-17-39(18-22-73)30-63(65)19-23-74(24-20-63)35-51(79)70-57(62(4,5)6)60(81)76-34-47(78)29-50(76)59(80)68-37(2)41-11-13-42(14-12-41)56-38(3)67-36-83-56/h8-14,27-28,31,36-37,39,44-45,47,50,57,69,77-78H,7,15-26,29-30,32-35H2,1-6H3,(H,68,80)(H,70,79)/t37?,44?,45?,47-,50+,57?/m1/s1. The van der Waals surface area contributed by atoms with Crippen molar-refractivity contribution < 1.29 is 38.1 Å². The third kappa shape index (κ3) is 12.8. The molecule has 5 fully saturated rings. The first-order valence-electron chi connectivity index (χ1n) is 29.8. The van der Waals surface area contributed by atoms with Crippen LogP contribution in [0.3, 0.4) is 0 Å². The number of rotatable bonds is 17. The Hall–Kier alpha value is -6.45. The number of alkyl halides is 1. The summed E-state index contributed by atoms with van der Waals surface area (Å²) < 4.78 is 40.1. The number of ether oxygens (including phenoxy) is 1. The quantitative estimate of drug-likeness (QED) is 0.0584.